The van der Waals surface area contributed by atoms with E-state index in [1.807, 2.05) is 45.9 Å². The molecule has 0 radical (unpaired) electrons. The summed E-state index contributed by atoms with van der Waals surface area (Å²) in [5, 5.41) is 5.67. The summed E-state index contributed by atoms with van der Waals surface area (Å²) in [4.78, 5) is 24.3. The van der Waals surface area contributed by atoms with E-state index in [0.29, 0.717) is 17.0 Å². The Morgan fingerprint density at radius 3 is 2.58 bits per heavy atom. The number of rotatable bonds is 7. The van der Waals surface area contributed by atoms with Gasteiger partial charge in [0.15, 0.2) is 6.61 Å². The van der Waals surface area contributed by atoms with E-state index < -0.39 is 0 Å². The fraction of sp³-hybridized carbons (Fsp3) is 0.333. The van der Waals surface area contributed by atoms with E-state index in [1.165, 1.54) is 0 Å². The Labute approximate surface area is 154 Å². The number of nitrogens with one attached hydrogen (secondary N) is 2. The average molecular weight is 354 g/mol. The molecular weight excluding hydrogens is 328 g/mol. The molecule has 5 nitrogen and oxygen atoms in total. The Kier molecular flexibility index (Phi) is 6.78. The second-order valence-corrected chi connectivity index (χ2v) is 6.47. The molecule has 26 heavy (non-hydrogen) atoms. The first-order valence-corrected chi connectivity index (χ1v) is 8.80. The first-order valence-electron chi connectivity index (χ1n) is 8.80. The zero-order chi connectivity index (χ0) is 19.1. The normalized spacial score (nSPS) is 11.5. The Morgan fingerprint density at radius 1 is 1.12 bits per heavy atom. The lowest BCUT2D eigenvalue weighted by Gasteiger charge is -2.13. The number of anilines is 1. The maximum atomic E-state index is 12.2. The van der Waals surface area contributed by atoms with Crippen LogP contribution in [0.25, 0.3) is 0 Å². The van der Waals surface area contributed by atoms with Crippen molar-refractivity contribution in [1.29, 1.82) is 0 Å². The number of aryl methyl sites for hydroxylation is 2. The van der Waals surface area contributed by atoms with Crippen molar-refractivity contribution in [3.05, 3.63) is 59.2 Å². The highest BCUT2D eigenvalue weighted by Crippen LogP contribution is 2.18. The van der Waals surface area contributed by atoms with Crippen LogP contribution in [0.4, 0.5) is 5.69 Å². The summed E-state index contributed by atoms with van der Waals surface area (Å²) >= 11 is 0. The maximum absolute atomic E-state index is 12.2. The van der Waals surface area contributed by atoms with E-state index in [4.69, 9.17) is 4.74 Å². The van der Waals surface area contributed by atoms with E-state index in [-0.39, 0.29) is 24.5 Å². The first kappa shape index (κ1) is 19.5. The van der Waals surface area contributed by atoms with Crippen molar-refractivity contribution < 1.29 is 14.3 Å². The molecule has 0 aromatic heterocycles. The number of amides is 2. The topological polar surface area (TPSA) is 67.4 Å². The third kappa shape index (κ3) is 5.62. The number of ether oxygens (including phenoxy) is 1. The Balaban J connectivity index is 1.94. The Morgan fingerprint density at radius 2 is 1.88 bits per heavy atom. The molecule has 0 fully saturated rings. The summed E-state index contributed by atoms with van der Waals surface area (Å²) in [6, 6.07) is 12.8. The molecule has 0 spiro atoms. The van der Waals surface area contributed by atoms with Crippen LogP contribution >= 0.6 is 0 Å². The maximum Gasteiger partial charge on any atom is 0.262 e. The summed E-state index contributed by atoms with van der Waals surface area (Å²) in [7, 11) is 0. The van der Waals surface area contributed by atoms with Crippen LogP contribution in [-0.2, 0) is 4.79 Å². The van der Waals surface area contributed by atoms with Gasteiger partial charge in [-0.1, -0.05) is 30.7 Å². The fourth-order valence-electron chi connectivity index (χ4n) is 2.45. The third-order valence-corrected chi connectivity index (χ3v) is 4.09. The van der Waals surface area contributed by atoms with Gasteiger partial charge in [0.1, 0.15) is 5.75 Å². The molecule has 1 unspecified atom stereocenters. The number of hydrogen-bond donors (Lipinski definition) is 2. The van der Waals surface area contributed by atoms with Crippen molar-refractivity contribution in [2.75, 3.05) is 11.9 Å². The van der Waals surface area contributed by atoms with Crippen LogP contribution in [0.15, 0.2) is 42.5 Å². The third-order valence-electron chi connectivity index (χ3n) is 4.09. The van der Waals surface area contributed by atoms with Crippen LogP contribution in [0.1, 0.15) is 41.8 Å². The molecule has 2 rings (SSSR count). The van der Waals surface area contributed by atoms with Crippen LogP contribution < -0.4 is 15.4 Å². The van der Waals surface area contributed by atoms with Crippen molar-refractivity contribution in [3.8, 4) is 5.75 Å². The highest BCUT2D eigenvalue weighted by Gasteiger charge is 2.10. The van der Waals surface area contributed by atoms with Gasteiger partial charge in [0.05, 0.1) is 0 Å². The van der Waals surface area contributed by atoms with Gasteiger partial charge in [0.2, 0.25) is 0 Å². The largest absolute Gasteiger partial charge is 0.483 e. The van der Waals surface area contributed by atoms with Gasteiger partial charge in [0.25, 0.3) is 11.8 Å². The van der Waals surface area contributed by atoms with Crippen molar-refractivity contribution in [3.63, 3.8) is 0 Å². The highest BCUT2D eigenvalue weighted by atomic mass is 16.5. The number of benzene rings is 2. The van der Waals surface area contributed by atoms with Crippen molar-refractivity contribution in [2.24, 2.45) is 0 Å². The molecule has 0 aliphatic carbocycles. The molecule has 0 bridgehead atoms. The van der Waals surface area contributed by atoms with E-state index in [0.717, 1.165) is 17.5 Å². The van der Waals surface area contributed by atoms with E-state index in [9.17, 15) is 9.59 Å². The van der Waals surface area contributed by atoms with Gasteiger partial charge in [-0.15, -0.1) is 0 Å². The second kappa shape index (κ2) is 9.04. The van der Waals surface area contributed by atoms with E-state index >= 15 is 0 Å². The molecule has 0 heterocycles. The highest BCUT2D eigenvalue weighted by molar-refractivity contribution is 5.97. The molecule has 0 saturated carbocycles. The molecule has 1 atom stereocenters. The molecule has 138 valence electrons. The second-order valence-electron chi connectivity index (χ2n) is 6.47. The minimum Gasteiger partial charge on any atom is -0.483 e. The van der Waals surface area contributed by atoms with Gasteiger partial charge in [-0.3, -0.25) is 9.59 Å². The first-order chi connectivity index (χ1) is 12.4. The smallest absolute Gasteiger partial charge is 0.262 e. The molecule has 2 aromatic carbocycles. The predicted octanol–water partition coefficient (Wildman–Crippen LogP) is 3.85. The molecule has 2 N–H and O–H groups in total. The van der Waals surface area contributed by atoms with Gasteiger partial charge in [-0.25, -0.2) is 0 Å². The minimum atomic E-state index is -0.274. The number of carbonyl (C=O) groups is 2. The predicted molar refractivity (Wildman–Crippen MR) is 104 cm³/mol. The minimum absolute atomic E-state index is 0.0901. The standard InChI is InChI=1S/C21H26N2O3/c1-5-16(4)22-21(25)17-7-6-8-18(12-17)23-20(24)13-26-19-10-9-14(2)11-15(19)3/h6-12,16H,5,13H2,1-4H3,(H,22,25)(H,23,24). The van der Waals surface area contributed by atoms with E-state index in [1.54, 1.807) is 24.3 Å². The lowest BCUT2D eigenvalue weighted by Crippen LogP contribution is -2.32. The van der Waals surface area contributed by atoms with Gasteiger partial charge >= 0.3 is 0 Å². The Bertz CT molecular complexity index is 787. The van der Waals surface area contributed by atoms with Crippen LogP contribution in [-0.4, -0.2) is 24.5 Å². The van der Waals surface area contributed by atoms with Crippen molar-refractivity contribution in [1.82, 2.24) is 5.32 Å². The summed E-state index contributed by atoms with van der Waals surface area (Å²) in [5.41, 5.74) is 3.21. The van der Waals surface area contributed by atoms with Crippen LogP contribution in [0.2, 0.25) is 0 Å². The van der Waals surface area contributed by atoms with E-state index in [2.05, 4.69) is 10.6 Å². The summed E-state index contributed by atoms with van der Waals surface area (Å²) < 4.78 is 5.58. The number of hydrogen-bond acceptors (Lipinski definition) is 3. The fourth-order valence-corrected chi connectivity index (χ4v) is 2.45. The quantitative estimate of drug-likeness (QED) is 0.794. The van der Waals surface area contributed by atoms with Crippen LogP contribution in [0, 0.1) is 13.8 Å². The number of carbonyl (C=O) groups excluding carboxylic acids is 2. The molecule has 0 aliphatic heterocycles. The lowest BCUT2D eigenvalue weighted by molar-refractivity contribution is -0.118. The lowest BCUT2D eigenvalue weighted by atomic mass is 10.1. The van der Waals surface area contributed by atoms with Gasteiger partial charge in [-0.2, -0.15) is 0 Å². The molecule has 5 heteroatoms. The molecule has 0 saturated heterocycles. The Hall–Kier alpha value is -2.82. The zero-order valence-corrected chi connectivity index (χ0v) is 15.8. The molecule has 2 aromatic rings. The van der Waals surface area contributed by atoms with Crippen molar-refractivity contribution in [2.45, 2.75) is 40.2 Å². The summed E-state index contributed by atoms with van der Waals surface area (Å²) in [5.74, 6) is 0.263. The zero-order valence-electron chi connectivity index (χ0n) is 15.8. The molecular formula is C21H26N2O3. The van der Waals surface area contributed by atoms with Gasteiger partial charge < -0.3 is 15.4 Å². The monoisotopic (exact) mass is 354 g/mol. The van der Waals surface area contributed by atoms with Crippen molar-refractivity contribution >= 4 is 17.5 Å². The molecule has 2 amide bonds. The SMILES string of the molecule is CCC(C)NC(=O)c1cccc(NC(=O)COc2ccc(C)cc2C)c1. The van der Waals surface area contributed by atoms with Crippen LogP contribution in [0.3, 0.4) is 0 Å². The van der Waals surface area contributed by atoms with Gasteiger partial charge in [0, 0.05) is 17.3 Å². The summed E-state index contributed by atoms with van der Waals surface area (Å²) in [6.07, 6.45) is 0.859. The summed E-state index contributed by atoms with van der Waals surface area (Å²) in [6.45, 7) is 7.83. The van der Waals surface area contributed by atoms with Crippen LogP contribution in [0.5, 0.6) is 5.75 Å². The van der Waals surface area contributed by atoms with Gasteiger partial charge in [-0.05, 0) is 57.0 Å². The molecule has 0 aliphatic rings. The average Bonchev–Trinajstić information content (AvgIpc) is 2.61.